The van der Waals surface area contributed by atoms with Crippen molar-refractivity contribution in [3.63, 3.8) is 0 Å². The van der Waals surface area contributed by atoms with Crippen molar-refractivity contribution in [1.82, 2.24) is 15.2 Å². The third-order valence-corrected chi connectivity index (χ3v) is 5.66. The molecular weight excluding hydrogens is 424 g/mol. The largest absolute Gasteiger partial charge is 0.281 e. The first kappa shape index (κ1) is 17.6. The monoisotopic (exact) mass is 438 g/mol. The van der Waals surface area contributed by atoms with Crippen molar-refractivity contribution in [2.75, 3.05) is 0 Å². The van der Waals surface area contributed by atoms with Gasteiger partial charge in [0.05, 0.1) is 22.5 Å². The van der Waals surface area contributed by atoms with Crippen LogP contribution in [0.1, 0.15) is 20.9 Å². The summed E-state index contributed by atoms with van der Waals surface area (Å²) in [6.45, 7) is 1.95. The maximum atomic E-state index is 12.5. The van der Waals surface area contributed by atoms with E-state index in [1.165, 1.54) is 11.3 Å². The fourth-order valence-electron chi connectivity index (χ4n) is 2.67. The number of fused-ring (bicyclic) bond motifs is 1. The number of rotatable bonds is 4. The standard InChI is InChI=1S/C20H15BrN4OS/c1-13-17-11-18(19(26)23-22-12-14-7-9-15(21)10-8-14)27-20(17)25(24-13)16-5-3-2-4-6-16/h2-12H,1H3,(H,23,26). The maximum absolute atomic E-state index is 12.5. The molecule has 1 amide bonds. The van der Waals surface area contributed by atoms with Crippen LogP contribution < -0.4 is 5.43 Å². The molecule has 2 aromatic heterocycles. The molecule has 0 aliphatic heterocycles. The molecule has 0 saturated carbocycles. The van der Waals surface area contributed by atoms with Gasteiger partial charge in [-0.1, -0.05) is 46.3 Å². The van der Waals surface area contributed by atoms with Gasteiger partial charge in [-0.05, 0) is 42.8 Å². The molecule has 2 aromatic carbocycles. The molecule has 0 unspecified atom stereocenters. The maximum Gasteiger partial charge on any atom is 0.281 e. The predicted octanol–water partition coefficient (Wildman–Crippen LogP) is 4.92. The Morgan fingerprint density at radius 2 is 1.93 bits per heavy atom. The smallest absolute Gasteiger partial charge is 0.266 e. The van der Waals surface area contributed by atoms with Crippen molar-refractivity contribution in [3.05, 3.63) is 81.3 Å². The van der Waals surface area contributed by atoms with Crippen LogP contribution in [0.2, 0.25) is 0 Å². The van der Waals surface area contributed by atoms with Crippen LogP contribution in [-0.4, -0.2) is 21.9 Å². The van der Waals surface area contributed by atoms with E-state index in [0.717, 1.165) is 31.6 Å². The number of aryl methyl sites for hydroxylation is 1. The third-order valence-electron chi connectivity index (χ3n) is 4.02. The second-order valence-electron chi connectivity index (χ2n) is 5.91. The van der Waals surface area contributed by atoms with Crippen LogP contribution in [-0.2, 0) is 0 Å². The van der Waals surface area contributed by atoms with Crippen molar-refractivity contribution < 1.29 is 4.79 Å². The number of hydrogen-bond acceptors (Lipinski definition) is 4. The summed E-state index contributed by atoms with van der Waals surface area (Å²) < 4.78 is 2.87. The Hall–Kier alpha value is -2.77. The second kappa shape index (κ2) is 7.46. The number of para-hydroxylation sites is 1. The fraction of sp³-hybridized carbons (Fsp3) is 0.0500. The Kier molecular flexibility index (Phi) is 4.87. The Morgan fingerprint density at radius 3 is 2.67 bits per heavy atom. The van der Waals surface area contributed by atoms with E-state index in [1.54, 1.807) is 6.21 Å². The number of nitrogens with zero attached hydrogens (tertiary/aromatic N) is 3. The van der Waals surface area contributed by atoms with Crippen LogP contribution in [0.5, 0.6) is 0 Å². The average molecular weight is 439 g/mol. The van der Waals surface area contributed by atoms with E-state index in [-0.39, 0.29) is 5.91 Å². The number of thiophene rings is 1. The molecule has 1 N–H and O–H groups in total. The third kappa shape index (κ3) is 3.70. The van der Waals surface area contributed by atoms with Crippen LogP contribution in [0.25, 0.3) is 15.9 Å². The Balaban J connectivity index is 1.57. The number of amides is 1. The number of aromatic nitrogens is 2. The highest BCUT2D eigenvalue weighted by Crippen LogP contribution is 2.30. The minimum absolute atomic E-state index is 0.233. The average Bonchev–Trinajstić information content (AvgIpc) is 3.25. The summed E-state index contributed by atoms with van der Waals surface area (Å²) in [7, 11) is 0. The molecule has 27 heavy (non-hydrogen) atoms. The van der Waals surface area contributed by atoms with Gasteiger partial charge in [0.2, 0.25) is 0 Å². The quantitative estimate of drug-likeness (QED) is 0.363. The van der Waals surface area contributed by atoms with Gasteiger partial charge in [0.25, 0.3) is 5.91 Å². The zero-order valence-electron chi connectivity index (χ0n) is 14.4. The van der Waals surface area contributed by atoms with Crippen molar-refractivity contribution in [3.8, 4) is 5.69 Å². The van der Waals surface area contributed by atoms with Crippen molar-refractivity contribution in [1.29, 1.82) is 0 Å². The van der Waals surface area contributed by atoms with E-state index in [4.69, 9.17) is 0 Å². The lowest BCUT2D eigenvalue weighted by Crippen LogP contribution is -2.16. The second-order valence-corrected chi connectivity index (χ2v) is 7.86. The van der Waals surface area contributed by atoms with Gasteiger partial charge in [0.1, 0.15) is 4.83 Å². The Morgan fingerprint density at radius 1 is 1.19 bits per heavy atom. The van der Waals surface area contributed by atoms with E-state index in [1.807, 2.05) is 72.3 Å². The summed E-state index contributed by atoms with van der Waals surface area (Å²) >= 11 is 4.79. The van der Waals surface area contributed by atoms with Crippen molar-refractivity contribution in [2.24, 2.45) is 5.10 Å². The molecule has 0 aliphatic carbocycles. The number of hydrogen-bond donors (Lipinski definition) is 1. The predicted molar refractivity (Wildman–Crippen MR) is 113 cm³/mol. The molecule has 4 rings (SSSR count). The summed E-state index contributed by atoms with van der Waals surface area (Å²) in [5, 5.41) is 9.62. The van der Waals surface area contributed by atoms with Crippen molar-refractivity contribution in [2.45, 2.75) is 6.92 Å². The zero-order valence-corrected chi connectivity index (χ0v) is 16.8. The van der Waals surface area contributed by atoms with Crippen LogP contribution in [0.3, 0.4) is 0 Å². The van der Waals surface area contributed by atoms with Gasteiger partial charge >= 0.3 is 0 Å². The molecule has 7 heteroatoms. The normalized spacial score (nSPS) is 11.3. The molecule has 0 fully saturated rings. The molecule has 0 aliphatic rings. The molecule has 0 bridgehead atoms. The van der Waals surface area contributed by atoms with Gasteiger partial charge < -0.3 is 0 Å². The van der Waals surface area contributed by atoms with Gasteiger partial charge in [-0.2, -0.15) is 10.2 Å². The highest BCUT2D eigenvalue weighted by molar-refractivity contribution is 9.10. The Bertz CT molecular complexity index is 1130. The van der Waals surface area contributed by atoms with Crippen molar-refractivity contribution >= 4 is 49.6 Å². The topological polar surface area (TPSA) is 59.3 Å². The summed E-state index contributed by atoms with van der Waals surface area (Å²) in [4.78, 5) is 14.0. The molecule has 5 nitrogen and oxygen atoms in total. The van der Waals surface area contributed by atoms with Gasteiger partial charge in [-0.3, -0.25) is 4.79 Å². The van der Waals surface area contributed by atoms with E-state index >= 15 is 0 Å². The van der Waals surface area contributed by atoms with Gasteiger partial charge in [-0.25, -0.2) is 10.1 Å². The number of benzene rings is 2. The molecular formula is C20H15BrN4OS. The minimum Gasteiger partial charge on any atom is -0.266 e. The molecule has 134 valence electrons. The molecule has 0 spiro atoms. The first-order valence-electron chi connectivity index (χ1n) is 8.25. The number of carbonyl (C=O) groups excluding carboxylic acids is 1. The first-order valence-corrected chi connectivity index (χ1v) is 9.86. The molecule has 2 heterocycles. The summed E-state index contributed by atoms with van der Waals surface area (Å²) in [6, 6.07) is 19.4. The minimum atomic E-state index is -0.233. The van der Waals surface area contributed by atoms with E-state index in [2.05, 4.69) is 31.6 Å². The SMILES string of the molecule is Cc1nn(-c2ccccc2)c2sc(C(=O)NN=Cc3ccc(Br)cc3)cc12. The summed E-state index contributed by atoms with van der Waals surface area (Å²) in [6.07, 6.45) is 1.62. The van der Waals surface area contributed by atoms with Crippen LogP contribution in [0.4, 0.5) is 0 Å². The number of hydrazone groups is 1. The first-order chi connectivity index (χ1) is 13.1. The van der Waals surface area contributed by atoms with E-state index < -0.39 is 0 Å². The molecule has 0 saturated heterocycles. The highest BCUT2D eigenvalue weighted by Gasteiger charge is 2.16. The molecule has 0 radical (unpaired) electrons. The van der Waals surface area contributed by atoms with Gasteiger partial charge in [0.15, 0.2) is 0 Å². The highest BCUT2D eigenvalue weighted by atomic mass is 79.9. The van der Waals surface area contributed by atoms with Crippen LogP contribution >= 0.6 is 27.3 Å². The lowest BCUT2D eigenvalue weighted by Gasteiger charge is -2.01. The number of nitrogens with one attached hydrogen (secondary N) is 1. The number of halogens is 1. The fourth-order valence-corrected chi connectivity index (χ4v) is 4.01. The molecule has 0 atom stereocenters. The lowest BCUT2D eigenvalue weighted by molar-refractivity contribution is 0.0959. The Labute approximate surface area is 168 Å². The lowest BCUT2D eigenvalue weighted by atomic mass is 10.2. The summed E-state index contributed by atoms with van der Waals surface area (Å²) in [5.74, 6) is -0.233. The van der Waals surface area contributed by atoms with E-state index in [0.29, 0.717) is 4.88 Å². The van der Waals surface area contributed by atoms with E-state index in [9.17, 15) is 4.79 Å². The van der Waals surface area contributed by atoms with Gasteiger partial charge in [0, 0.05) is 9.86 Å². The van der Waals surface area contributed by atoms with Gasteiger partial charge in [-0.15, -0.1) is 11.3 Å². The number of carbonyl (C=O) groups is 1. The summed E-state index contributed by atoms with van der Waals surface area (Å²) in [5.41, 5.74) is 5.36. The van der Waals surface area contributed by atoms with Crippen LogP contribution in [0.15, 0.2) is 70.2 Å². The molecule has 4 aromatic rings. The van der Waals surface area contributed by atoms with Crippen LogP contribution in [0, 0.1) is 6.92 Å². The zero-order chi connectivity index (χ0) is 18.8.